The third-order valence-corrected chi connectivity index (χ3v) is 2.82. The molecule has 2 nitrogen and oxygen atoms in total. The van der Waals surface area contributed by atoms with Crippen molar-refractivity contribution in [1.82, 2.24) is 0 Å². The molecule has 0 aromatic heterocycles. The van der Waals surface area contributed by atoms with E-state index in [1.165, 1.54) is 5.56 Å². The Labute approximate surface area is 98.8 Å². The number of hydrogen-bond donors (Lipinski definition) is 1. The van der Waals surface area contributed by atoms with Crippen molar-refractivity contribution < 1.29 is 4.74 Å². The molecule has 2 N–H and O–H groups in total. The molecule has 0 radical (unpaired) electrons. The van der Waals surface area contributed by atoms with Gasteiger partial charge in [-0.25, -0.2) is 0 Å². The number of ether oxygens (including phenoxy) is 1. The molecule has 1 unspecified atom stereocenters. The molecule has 1 aromatic carbocycles. The van der Waals surface area contributed by atoms with E-state index in [1.807, 2.05) is 12.1 Å². The van der Waals surface area contributed by atoms with Crippen molar-refractivity contribution >= 4 is 0 Å². The van der Waals surface area contributed by atoms with Gasteiger partial charge in [0.2, 0.25) is 0 Å². The fraction of sp³-hybridized carbons (Fsp3) is 0.571. The summed E-state index contributed by atoms with van der Waals surface area (Å²) in [5.41, 5.74) is 7.24. The molecule has 0 aliphatic heterocycles. The topological polar surface area (TPSA) is 35.2 Å². The van der Waals surface area contributed by atoms with E-state index in [2.05, 4.69) is 39.8 Å². The summed E-state index contributed by atoms with van der Waals surface area (Å²) in [6.45, 7) is 9.16. The first-order valence-corrected chi connectivity index (χ1v) is 5.99. The molecular weight excluding hydrogens is 198 g/mol. The lowest BCUT2D eigenvalue weighted by Gasteiger charge is -2.17. The van der Waals surface area contributed by atoms with Crippen LogP contribution in [0.5, 0.6) is 5.75 Å². The van der Waals surface area contributed by atoms with Crippen molar-refractivity contribution in [3.8, 4) is 5.75 Å². The molecule has 0 spiro atoms. The van der Waals surface area contributed by atoms with Crippen LogP contribution in [-0.4, -0.2) is 12.6 Å². The van der Waals surface area contributed by atoms with E-state index in [0.717, 1.165) is 5.75 Å². The van der Waals surface area contributed by atoms with Gasteiger partial charge >= 0.3 is 0 Å². The van der Waals surface area contributed by atoms with Crippen molar-refractivity contribution in [2.24, 2.45) is 11.7 Å². The van der Waals surface area contributed by atoms with Gasteiger partial charge in [0.25, 0.3) is 0 Å². The van der Waals surface area contributed by atoms with Gasteiger partial charge < -0.3 is 10.5 Å². The zero-order valence-corrected chi connectivity index (χ0v) is 10.7. The van der Waals surface area contributed by atoms with Gasteiger partial charge in [0.05, 0.1) is 0 Å². The largest absolute Gasteiger partial charge is 0.492 e. The Morgan fingerprint density at radius 3 is 2.44 bits per heavy atom. The summed E-state index contributed by atoms with van der Waals surface area (Å²) < 4.78 is 5.69. The van der Waals surface area contributed by atoms with Gasteiger partial charge in [-0.2, -0.15) is 0 Å². The first-order valence-electron chi connectivity index (χ1n) is 5.99. The molecule has 0 amide bonds. The van der Waals surface area contributed by atoms with Gasteiger partial charge in [0.1, 0.15) is 12.4 Å². The predicted octanol–water partition coefficient (Wildman–Crippen LogP) is 3.17. The molecule has 0 fully saturated rings. The second kappa shape index (κ2) is 5.90. The van der Waals surface area contributed by atoms with E-state index >= 15 is 0 Å². The second-order valence-electron chi connectivity index (χ2n) is 4.95. The standard InChI is InChI=1S/C14H23NO/c1-10(2)12-6-5-7-13(8-12)16-9-14(15)11(3)4/h5-8,10-11,14H,9,15H2,1-4H3. The van der Waals surface area contributed by atoms with Gasteiger partial charge in [-0.1, -0.05) is 39.8 Å². The molecule has 0 heterocycles. The van der Waals surface area contributed by atoms with Crippen LogP contribution < -0.4 is 10.5 Å². The van der Waals surface area contributed by atoms with Crippen LogP contribution in [0.1, 0.15) is 39.2 Å². The molecule has 0 saturated heterocycles. The summed E-state index contributed by atoms with van der Waals surface area (Å²) in [4.78, 5) is 0. The van der Waals surface area contributed by atoms with E-state index in [4.69, 9.17) is 10.5 Å². The minimum atomic E-state index is 0.0997. The number of hydrogen-bond acceptors (Lipinski definition) is 2. The van der Waals surface area contributed by atoms with Crippen molar-refractivity contribution in [3.05, 3.63) is 29.8 Å². The lowest BCUT2D eigenvalue weighted by molar-refractivity contribution is 0.259. The number of nitrogens with two attached hydrogens (primary N) is 1. The lowest BCUT2D eigenvalue weighted by atomic mass is 10.0. The fourth-order valence-corrected chi connectivity index (χ4v) is 1.35. The molecular formula is C14H23NO. The molecule has 16 heavy (non-hydrogen) atoms. The van der Waals surface area contributed by atoms with Crippen molar-refractivity contribution in [2.75, 3.05) is 6.61 Å². The zero-order valence-electron chi connectivity index (χ0n) is 10.7. The van der Waals surface area contributed by atoms with E-state index in [9.17, 15) is 0 Å². The Bertz CT molecular complexity index is 320. The first-order chi connectivity index (χ1) is 7.50. The summed E-state index contributed by atoms with van der Waals surface area (Å²) in [5.74, 6) is 1.90. The van der Waals surface area contributed by atoms with Crippen LogP contribution in [0.2, 0.25) is 0 Å². The number of rotatable bonds is 5. The molecule has 0 aliphatic rings. The fourth-order valence-electron chi connectivity index (χ4n) is 1.35. The van der Waals surface area contributed by atoms with Crippen LogP contribution >= 0.6 is 0 Å². The minimum Gasteiger partial charge on any atom is -0.492 e. The Morgan fingerprint density at radius 2 is 1.88 bits per heavy atom. The maximum atomic E-state index is 5.94. The average Bonchev–Trinajstić information content (AvgIpc) is 2.26. The van der Waals surface area contributed by atoms with Crippen molar-refractivity contribution in [3.63, 3.8) is 0 Å². The van der Waals surface area contributed by atoms with E-state index in [-0.39, 0.29) is 6.04 Å². The summed E-state index contributed by atoms with van der Waals surface area (Å²) in [6.07, 6.45) is 0. The average molecular weight is 221 g/mol. The molecule has 1 rings (SSSR count). The highest BCUT2D eigenvalue weighted by atomic mass is 16.5. The van der Waals surface area contributed by atoms with E-state index in [1.54, 1.807) is 0 Å². The van der Waals surface area contributed by atoms with Gasteiger partial charge in [0, 0.05) is 6.04 Å². The second-order valence-corrected chi connectivity index (χ2v) is 4.95. The molecule has 0 saturated carbocycles. The molecule has 0 aliphatic carbocycles. The van der Waals surface area contributed by atoms with Crippen molar-refractivity contribution in [1.29, 1.82) is 0 Å². The molecule has 0 bridgehead atoms. The van der Waals surface area contributed by atoms with Crippen LogP contribution in [0, 0.1) is 5.92 Å². The Balaban J connectivity index is 2.57. The molecule has 1 aromatic rings. The maximum Gasteiger partial charge on any atom is 0.119 e. The number of benzene rings is 1. The van der Waals surface area contributed by atoms with Crippen molar-refractivity contribution in [2.45, 2.75) is 39.7 Å². The normalized spacial score (nSPS) is 13.2. The third-order valence-electron chi connectivity index (χ3n) is 2.82. The summed E-state index contributed by atoms with van der Waals surface area (Å²) in [6, 6.07) is 8.34. The highest BCUT2D eigenvalue weighted by molar-refractivity contribution is 5.30. The smallest absolute Gasteiger partial charge is 0.119 e. The van der Waals surface area contributed by atoms with Crippen LogP contribution in [0.4, 0.5) is 0 Å². The van der Waals surface area contributed by atoms with E-state index < -0.39 is 0 Å². The summed E-state index contributed by atoms with van der Waals surface area (Å²) >= 11 is 0. The van der Waals surface area contributed by atoms with Crippen LogP contribution in [0.3, 0.4) is 0 Å². The third kappa shape index (κ3) is 3.86. The highest BCUT2D eigenvalue weighted by Crippen LogP contribution is 2.20. The first kappa shape index (κ1) is 13.0. The Kier molecular flexibility index (Phi) is 4.81. The monoisotopic (exact) mass is 221 g/mol. The summed E-state index contributed by atoms with van der Waals surface area (Å²) in [7, 11) is 0. The minimum absolute atomic E-state index is 0.0997. The molecule has 2 heteroatoms. The van der Waals surface area contributed by atoms with Gasteiger partial charge in [-0.05, 0) is 29.5 Å². The highest BCUT2D eigenvalue weighted by Gasteiger charge is 2.08. The summed E-state index contributed by atoms with van der Waals surface area (Å²) in [5, 5.41) is 0. The van der Waals surface area contributed by atoms with Crippen LogP contribution in [0.15, 0.2) is 24.3 Å². The predicted molar refractivity (Wildman–Crippen MR) is 68.8 cm³/mol. The molecule has 1 atom stereocenters. The van der Waals surface area contributed by atoms with Gasteiger partial charge in [-0.15, -0.1) is 0 Å². The quantitative estimate of drug-likeness (QED) is 0.829. The Morgan fingerprint density at radius 1 is 1.19 bits per heavy atom. The Hall–Kier alpha value is -1.02. The SMILES string of the molecule is CC(C)c1cccc(OCC(N)C(C)C)c1. The van der Waals surface area contributed by atoms with Crippen LogP contribution in [0.25, 0.3) is 0 Å². The lowest BCUT2D eigenvalue weighted by Crippen LogP contribution is -2.33. The molecule has 90 valence electrons. The zero-order chi connectivity index (χ0) is 12.1. The van der Waals surface area contributed by atoms with Gasteiger partial charge in [0.15, 0.2) is 0 Å². The maximum absolute atomic E-state index is 5.94. The van der Waals surface area contributed by atoms with Crippen LogP contribution in [-0.2, 0) is 0 Å². The van der Waals surface area contributed by atoms with Gasteiger partial charge in [-0.3, -0.25) is 0 Å². The van der Waals surface area contributed by atoms with E-state index in [0.29, 0.717) is 18.4 Å².